The third-order valence-corrected chi connectivity index (χ3v) is 4.50. The van der Waals surface area contributed by atoms with Crippen molar-refractivity contribution in [2.45, 2.75) is 26.6 Å². The number of allylic oxidation sites excluding steroid dienone is 3. The van der Waals surface area contributed by atoms with Gasteiger partial charge in [-0.1, -0.05) is 24.8 Å². The predicted molar refractivity (Wildman–Crippen MR) is 74.8 cm³/mol. The van der Waals surface area contributed by atoms with Crippen molar-refractivity contribution >= 4 is 7.60 Å². The molecule has 1 unspecified atom stereocenters. The highest BCUT2D eigenvalue weighted by molar-refractivity contribution is 7.54. The lowest BCUT2D eigenvalue weighted by Crippen LogP contribution is -2.18. The van der Waals surface area contributed by atoms with Crippen molar-refractivity contribution in [3.05, 3.63) is 36.2 Å². The first-order valence-electron chi connectivity index (χ1n) is 6.03. The zero-order valence-corrected chi connectivity index (χ0v) is 12.8. The molecule has 0 spiro atoms. The molecule has 0 aromatic rings. The fraction of sp³-hybridized carbons (Fsp3) is 0.538. The minimum atomic E-state index is -3.59. The van der Waals surface area contributed by atoms with Crippen LogP contribution in [-0.2, 0) is 18.3 Å². The van der Waals surface area contributed by atoms with Crippen molar-refractivity contribution in [2.75, 3.05) is 20.3 Å². The molecule has 0 saturated heterocycles. The van der Waals surface area contributed by atoms with Crippen LogP contribution < -0.4 is 0 Å². The van der Waals surface area contributed by atoms with E-state index in [1.54, 1.807) is 13.8 Å². The molecule has 0 fully saturated rings. The molecule has 6 heteroatoms. The van der Waals surface area contributed by atoms with E-state index in [-0.39, 0.29) is 18.8 Å². The Kier molecular flexibility index (Phi) is 8.85. The summed E-state index contributed by atoms with van der Waals surface area (Å²) in [6.45, 7) is 8.50. The molecule has 0 N–H and O–H groups in total. The van der Waals surface area contributed by atoms with Gasteiger partial charge in [-0.15, -0.1) is 0 Å². The molecule has 0 bridgehead atoms. The summed E-state index contributed by atoms with van der Waals surface area (Å²) in [5.74, 6) is -1.61. The lowest BCUT2D eigenvalue weighted by Gasteiger charge is -2.26. The minimum absolute atomic E-state index is 0.118. The smallest absolute Gasteiger partial charge is 0.363 e. The maximum absolute atomic E-state index is 13.6. The molecule has 0 saturated carbocycles. The van der Waals surface area contributed by atoms with Crippen molar-refractivity contribution in [3.63, 3.8) is 0 Å². The Balaban J connectivity index is 5.56. The molecule has 0 aromatic heterocycles. The van der Waals surface area contributed by atoms with Crippen LogP contribution in [-0.4, -0.2) is 26.2 Å². The number of rotatable bonds is 9. The standard InChI is InChI=1S/C13H22FO4P/c1-6-9-10-12(11(4)14)13(16-5)19(15,17-7-2)18-8-3/h6,9-10,13H,1,7-8H2,2-5H3/b10-9-,12-11-. The van der Waals surface area contributed by atoms with Gasteiger partial charge in [0.2, 0.25) is 0 Å². The van der Waals surface area contributed by atoms with Crippen molar-refractivity contribution in [3.8, 4) is 0 Å². The molecule has 0 amide bonds. The molecule has 19 heavy (non-hydrogen) atoms. The van der Waals surface area contributed by atoms with Crippen LogP contribution in [0.5, 0.6) is 0 Å². The molecule has 0 aromatic carbocycles. The average molecular weight is 292 g/mol. The summed E-state index contributed by atoms with van der Waals surface area (Å²) in [5.41, 5.74) is 0.118. The fourth-order valence-corrected chi connectivity index (χ4v) is 3.43. The molecule has 0 aliphatic heterocycles. The molecule has 4 nitrogen and oxygen atoms in total. The lowest BCUT2D eigenvalue weighted by atomic mass is 10.2. The van der Waals surface area contributed by atoms with Gasteiger partial charge in [0.05, 0.1) is 13.2 Å². The maximum Gasteiger partial charge on any atom is 0.363 e. The summed E-state index contributed by atoms with van der Waals surface area (Å²) in [6.07, 6.45) is 4.47. The van der Waals surface area contributed by atoms with Crippen molar-refractivity contribution in [1.29, 1.82) is 0 Å². The summed E-state index contributed by atoms with van der Waals surface area (Å²) in [7, 11) is -2.25. The highest BCUT2D eigenvalue weighted by atomic mass is 31.2. The van der Waals surface area contributed by atoms with Gasteiger partial charge in [-0.25, -0.2) is 4.39 Å². The summed E-state index contributed by atoms with van der Waals surface area (Å²) in [5, 5.41) is 0. The van der Waals surface area contributed by atoms with Gasteiger partial charge < -0.3 is 13.8 Å². The van der Waals surface area contributed by atoms with Crippen LogP contribution in [0, 0.1) is 0 Å². The molecule has 110 valence electrons. The lowest BCUT2D eigenvalue weighted by molar-refractivity contribution is 0.128. The summed E-state index contributed by atoms with van der Waals surface area (Å²) in [6, 6.07) is 0. The van der Waals surface area contributed by atoms with E-state index in [9.17, 15) is 8.96 Å². The van der Waals surface area contributed by atoms with E-state index < -0.39 is 19.3 Å². The second-order valence-corrected chi connectivity index (χ2v) is 5.61. The molecule has 0 rings (SSSR count). The quantitative estimate of drug-likeness (QED) is 0.471. The molecular weight excluding hydrogens is 270 g/mol. The van der Waals surface area contributed by atoms with Crippen molar-refractivity contribution in [1.82, 2.24) is 0 Å². The van der Waals surface area contributed by atoms with Crippen LogP contribution >= 0.6 is 7.60 Å². The fourth-order valence-electron chi connectivity index (χ4n) is 1.50. The van der Waals surface area contributed by atoms with Crippen molar-refractivity contribution < 1.29 is 22.7 Å². The van der Waals surface area contributed by atoms with E-state index in [1.807, 2.05) is 0 Å². The summed E-state index contributed by atoms with van der Waals surface area (Å²) >= 11 is 0. The van der Waals surface area contributed by atoms with Gasteiger partial charge in [0.25, 0.3) is 0 Å². The average Bonchev–Trinajstić information content (AvgIpc) is 2.34. The van der Waals surface area contributed by atoms with E-state index in [0.29, 0.717) is 0 Å². The van der Waals surface area contributed by atoms with Gasteiger partial charge in [0.15, 0.2) is 5.85 Å². The Labute approximate surface area is 114 Å². The number of hydrogen-bond acceptors (Lipinski definition) is 4. The van der Waals surface area contributed by atoms with E-state index in [0.717, 1.165) is 0 Å². The molecule has 0 heterocycles. The van der Waals surface area contributed by atoms with Crippen LogP contribution in [0.15, 0.2) is 36.2 Å². The minimum Gasteiger partial charge on any atom is -0.364 e. The molecule has 0 aliphatic carbocycles. The first-order valence-corrected chi connectivity index (χ1v) is 7.64. The van der Waals surface area contributed by atoms with Gasteiger partial charge in [0, 0.05) is 12.7 Å². The second-order valence-electron chi connectivity index (χ2n) is 3.55. The zero-order valence-electron chi connectivity index (χ0n) is 11.9. The molecular formula is C13H22FO4P. The Morgan fingerprint density at radius 3 is 2.21 bits per heavy atom. The third-order valence-electron chi connectivity index (χ3n) is 2.20. The van der Waals surface area contributed by atoms with E-state index in [1.165, 1.54) is 32.3 Å². The second kappa shape index (κ2) is 9.21. The molecule has 1 atom stereocenters. The van der Waals surface area contributed by atoms with Gasteiger partial charge >= 0.3 is 7.60 Å². The SMILES string of the molecule is C=C/C=C\C(=C(/C)F)C(OC)P(=O)(OCC)OCC. The number of methoxy groups -OCH3 is 1. The zero-order chi connectivity index (χ0) is 14.9. The normalized spacial score (nSPS) is 15.4. The van der Waals surface area contributed by atoms with Gasteiger partial charge in [-0.2, -0.15) is 0 Å². The van der Waals surface area contributed by atoms with Gasteiger partial charge in [-0.05, 0) is 20.8 Å². The Bertz CT molecular complexity index is 376. The first-order chi connectivity index (χ1) is 8.96. The first kappa shape index (κ1) is 18.3. The Morgan fingerprint density at radius 2 is 1.89 bits per heavy atom. The number of ether oxygens (including phenoxy) is 1. The number of halogens is 1. The number of hydrogen-bond donors (Lipinski definition) is 0. The topological polar surface area (TPSA) is 44.8 Å². The highest BCUT2D eigenvalue weighted by Gasteiger charge is 2.38. The highest BCUT2D eigenvalue weighted by Crippen LogP contribution is 2.56. The predicted octanol–water partition coefficient (Wildman–Crippen LogP) is 4.21. The monoisotopic (exact) mass is 292 g/mol. The maximum atomic E-state index is 13.6. The van der Waals surface area contributed by atoms with Crippen LogP contribution in [0.4, 0.5) is 4.39 Å². The third kappa shape index (κ3) is 5.41. The van der Waals surface area contributed by atoms with Crippen LogP contribution in [0.3, 0.4) is 0 Å². The van der Waals surface area contributed by atoms with Crippen molar-refractivity contribution in [2.24, 2.45) is 0 Å². The van der Waals surface area contributed by atoms with E-state index in [4.69, 9.17) is 13.8 Å². The summed E-state index contributed by atoms with van der Waals surface area (Å²) < 4.78 is 41.8. The largest absolute Gasteiger partial charge is 0.364 e. The van der Waals surface area contributed by atoms with Crippen LogP contribution in [0.1, 0.15) is 20.8 Å². The Morgan fingerprint density at radius 1 is 1.37 bits per heavy atom. The van der Waals surface area contributed by atoms with Gasteiger partial charge in [0.1, 0.15) is 5.83 Å². The van der Waals surface area contributed by atoms with Crippen LogP contribution in [0.2, 0.25) is 0 Å². The molecule has 0 radical (unpaired) electrons. The molecule has 0 aliphatic rings. The Hall–Kier alpha value is -0.740. The van der Waals surface area contributed by atoms with Crippen LogP contribution in [0.25, 0.3) is 0 Å². The van der Waals surface area contributed by atoms with E-state index in [2.05, 4.69) is 6.58 Å². The summed E-state index contributed by atoms with van der Waals surface area (Å²) in [4.78, 5) is 0. The van der Waals surface area contributed by atoms with E-state index >= 15 is 0 Å². The van der Waals surface area contributed by atoms with Gasteiger partial charge in [-0.3, -0.25) is 4.57 Å².